The lowest BCUT2D eigenvalue weighted by molar-refractivity contribution is 0.232. The van der Waals surface area contributed by atoms with Crippen LogP contribution in [0.2, 0.25) is 0 Å². The third-order valence-corrected chi connectivity index (χ3v) is 2.27. The van der Waals surface area contributed by atoms with Crippen molar-refractivity contribution < 1.29 is 0 Å². The number of nitrogens with one attached hydrogen (secondary N) is 1. The van der Waals surface area contributed by atoms with Crippen LogP contribution in [0.1, 0.15) is 19.3 Å². The number of rotatable bonds is 4. The fourth-order valence-corrected chi connectivity index (χ4v) is 1.58. The van der Waals surface area contributed by atoms with Crippen LogP contribution in [0.5, 0.6) is 0 Å². The van der Waals surface area contributed by atoms with Crippen LogP contribution >= 0.6 is 12.2 Å². The Hall–Kier alpha value is -0.150. The summed E-state index contributed by atoms with van der Waals surface area (Å²) in [5.74, 6) is 0. The van der Waals surface area contributed by atoms with Gasteiger partial charge in [-0.25, -0.2) is 0 Å². The normalized spacial score (nSPS) is 19.6. The molecule has 11 heavy (non-hydrogen) atoms. The van der Waals surface area contributed by atoms with Gasteiger partial charge in [0.1, 0.15) is 0 Å². The van der Waals surface area contributed by atoms with E-state index in [2.05, 4.69) is 22.4 Å². The first-order chi connectivity index (χ1) is 5.43. The fourth-order valence-electron chi connectivity index (χ4n) is 1.46. The minimum absolute atomic E-state index is 1.00. The highest BCUT2D eigenvalue weighted by atomic mass is 32.1. The SMILES string of the molecule is S=CNCCN1CCCCC1. The van der Waals surface area contributed by atoms with Crippen molar-refractivity contribution in [2.75, 3.05) is 26.2 Å². The summed E-state index contributed by atoms with van der Waals surface area (Å²) in [6.45, 7) is 4.70. The van der Waals surface area contributed by atoms with Crippen LogP contribution in [0.4, 0.5) is 0 Å². The average molecular weight is 172 g/mol. The van der Waals surface area contributed by atoms with Crippen LogP contribution in [-0.4, -0.2) is 36.6 Å². The molecule has 1 aliphatic heterocycles. The summed E-state index contributed by atoms with van der Waals surface area (Å²) in [6, 6.07) is 0. The standard InChI is InChI=1S/C8H16N2S/c11-8-9-4-7-10-5-2-1-3-6-10/h8H,1-7H2,(H,9,11). The predicted octanol–water partition coefficient (Wildman–Crippen LogP) is 1.02. The number of hydrogen-bond donors (Lipinski definition) is 1. The van der Waals surface area contributed by atoms with E-state index in [1.165, 1.54) is 32.4 Å². The van der Waals surface area contributed by atoms with Crippen LogP contribution in [-0.2, 0) is 0 Å². The van der Waals surface area contributed by atoms with Gasteiger partial charge in [-0.1, -0.05) is 18.6 Å². The van der Waals surface area contributed by atoms with E-state index in [0.29, 0.717) is 0 Å². The van der Waals surface area contributed by atoms with Gasteiger partial charge in [-0.3, -0.25) is 0 Å². The second kappa shape index (κ2) is 5.49. The second-order valence-corrected chi connectivity index (χ2v) is 3.21. The highest BCUT2D eigenvalue weighted by Crippen LogP contribution is 2.06. The summed E-state index contributed by atoms with van der Waals surface area (Å²) in [5, 5.41) is 3.04. The summed E-state index contributed by atoms with van der Waals surface area (Å²) in [4.78, 5) is 2.50. The summed E-state index contributed by atoms with van der Waals surface area (Å²) < 4.78 is 0. The van der Waals surface area contributed by atoms with Gasteiger partial charge in [-0.2, -0.15) is 0 Å². The van der Waals surface area contributed by atoms with E-state index >= 15 is 0 Å². The summed E-state index contributed by atoms with van der Waals surface area (Å²) in [5.41, 5.74) is 1.60. The molecule has 0 spiro atoms. The van der Waals surface area contributed by atoms with Crippen molar-refractivity contribution in [3.63, 3.8) is 0 Å². The molecular weight excluding hydrogens is 156 g/mol. The van der Waals surface area contributed by atoms with Gasteiger partial charge in [-0.05, 0) is 25.9 Å². The van der Waals surface area contributed by atoms with Crippen LogP contribution in [0, 0.1) is 0 Å². The molecule has 64 valence electrons. The zero-order valence-electron chi connectivity index (χ0n) is 6.88. The van der Waals surface area contributed by atoms with Gasteiger partial charge < -0.3 is 10.2 Å². The molecule has 3 heteroatoms. The minimum atomic E-state index is 1.00. The number of nitrogens with zero attached hydrogens (tertiary/aromatic N) is 1. The van der Waals surface area contributed by atoms with Gasteiger partial charge in [-0.15, -0.1) is 0 Å². The average Bonchev–Trinajstić information content (AvgIpc) is 2.07. The number of piperidine rings is 1. The van der Waals surface area contributed by atoms with Crippen molar-refractivity contribution in [1.29, 1.82) is 0 Å². The maximum atomic E-state index is 4.66. The fraction of sp³-hybridized carbons (Fsp3) is 0.875. The first-order valence-electron chi connectivity index (χ1n) is 4.33. The summed E-state index contributed by atoms with van der Waals surface area (Å²) >= 11 is 4.66. The van der Waals surface area contributed by atoms with Crippen LogP contribution in [0.3, 0.4) is 0 Å². The predicted molar refractivity (Wildman–Crippen MR) is 51.9 cm³/mol. The van der Waals surface area contributed by atoms with E-state index in [-0.39, 0.29) is 0 Å². The number of thiocarbonyl (C=S) groups is 1. The van der Waals surface area contributed by atoms with E-state index < -0.39 is 0 Å². The summed E-state index contributed by atoms with van der Waals surface area (Å²) in [6.07, 6.45) is 4.16. The van der Waals surface area contributed by atoms with Gasteiger partial charge in [0.25, 0.3) is 0 Å². The van der Waals surface area contributed by atoms with E-state index in [1.54, 1.807) is 5.49 Å². The van der Waals surface area contributed by atoms with E-state index in [0.717, 1.165) is 13.1 Å². The molecule has 0 aromatic carbocycles. The van der Waals surface area contributed by atoms with Crippen molar-refractivity contribution in [1.82, 2.24) is 10.2 Å². The molecule has 0 bridgehead atoms. The van der Waals surface area contributed by atoms with E-state index in [4.69, 9.17) is 0 Å². The third-order valence-electron chi connectivity index (χ3n) is 2.10. The van der Waals surface area contributed by atoms with Gasteiger partial charge in [0, 0.05) is 13.1 Å². The molecule has 2 nitrogen and oxygen atoms in total. The van der Waals surface area contributed by atoms with Crippen LogP contribution in [0.15, 0.2) is 0 Å². The summed E-state index contributed by atoms with van der Waals surface area (Å²) in [7, 11) is 0. The lowest BCUT2D eigenvalue weighted by Gasteiger charge is -2.25. The van der Waals surface area contributed by atoms with Crippen LogP contribution in [0.25, 0.3) is 0 Å². The largest absolute Gasteiger partial charge is 0.381 e. The smallest absolute Gasteiger partial charge is 0.0615 e. The molecule has 0 aliphatic carbocycles. The highest BCUT2D eigenvalue weighted by Gasteiger charge is 2.07. The molecule has 1 saturated heterocycles. The Morgan fingerprint density at radius 1 is 1.27 bits per heavy atom. The topological polar surface area (TPSA) is 15.3 Å². The van der Waals surface area contributed by atoms with Crippen molar-refractivity contribution in [2.24, 2.45) is 0 Å². The molecule has 1 aliphatic rings. The molecule has 0 aromatic rings. The molecule has 1 rings (SSSR count). The highest BCUT2D eigenvalue weighted by molar-refractivity contribution is 7.78. The molecule has 0 radical (unpaired) electrons. The van der Waals surface area contributed by atoms with Gasteiger partial charge in [0.05, 0.1) is 5.49 Å². The second-order valence-electron chi connectivity index (χ2n) is 2.97. The molecule has 0 atom stereocenters. The molecule has 0 saturated carbocycles. The van der Waals surface area contributed by atoms with Crippen molar-refractivity contribution >= 4 is 17.7 Å². The molecule has 1 fully saturated rings. The minimum Gasteiger partial charge on any atom is -0.381 e. The molecule has 0 aromatic heterocycles. The maximum absolute atomic E-state index is 4.66. The number of likely N-dealkylation sites (tertiary alicyclic amines) is 1. The van der Waals surface area contributed by atoms with Gasteiger partial charge in [0.2, 0.25) is 0 Å². The first kappa shape index (κ1) is 8.94. The molecule has 1 N–H and O–H groups in total. The van der Waals surface area contributed by atoms with E-state index in [9.17, 15) is 0 Å². The van der Waals surface area contributed by atoms with Crippen molar-refractivity contribution in [3.05, 3.63) is 0 Å². The lowest BCUT2D eigenvalue weighted by atomic mass is 10.1. The Kier molecular flexibility index (Phi) is 4.47. The zero-order chi connectivity index (χ0) is 7.94. The quantitative estimate of drug-likeness (QED) is 0.503. The molecule has 0 amide bonds. The molecular formula is C8H16N2S. The number of hydrogen-bond acceptors (Lipinski definition) is 2. The Morgan fingerprint density at radius 2 is 2.00 bits per heavy atom. The van der Waals surface area contributed by atoms with Crippen molar-refractivity contribution in [2.45, 2.75) is 19.3 Å². The maximum Gasteiger partial charge on any atom is 0.0615 e. The molecule has 1 heterocycles. The monoisotopic (exact) mass is 172 g/mol. The van der Waals surface area contributed by atoms with Gasteiger partial charge in [0.15, 0.2) is 0 Å². The zero-order valence-corrected chi connectivity index (χ0v) is 7.70. The first-order valence-corrected chi connectivity index (χ1v) is 4.80. The lowest BCUT2D eigenvalue weighted by Crippen LogP contribution is -2.35. The Morgan fingerprint density at radius 3 is 2.64 bits per heavy atom. The Labute approximate surface area is 74.0 Å². The third kappa shape index (κ3) is 3.68. The Balaban J connectivity index is 2.00. The molecule has 0 unspecified atom stereocenters. The van der Waals surface area contributed by atoms with Crippen LogP contribution < -0.4 is 5.32 Å². The van der Waals surface area contributed by atoms with Gasteiger partial charge >= 0.3 is 0 Å². The van der Waals surface area contributed by atoms with Crippen molar-refractivity contribution in [3.8, 4) is 0 Å². The Bertz CT molecular complexity index is 111. The van der Waals surface area contributed by atoms with E-state index in [1.807, 2.05) is 0 Å².